The number of ether oxygens (including phenoxy) is 4. The number of benzene rings is 1. The predicted octanol–water partition coefficient (Wildman–Crippen LogP) is 2.37. The molecule has 0 aliphatic carbocycles. The summed E-state index contributed by atoms with van der Waals surface area (Å²) in [5.74, 6) is 1.99. The summed E-state index contributed by atoms with van der Waals surface area (Å²) < 4.78 is 22.8. The second-order valence-electron chi connectivity index (χ2n) is 5.48. The van der Waals surface area contributed by atoms with E-state index in [-0.39, 0.29) is 11.7 Å². The number of anilines is 1. The summed E-state index contributed by atoms with van der Waals surface area (Å²) in [4.78, 5) is 12.4. The lowest BCUT2D eigenvalue weighted by molar-refractivity contribution is -0.113. The maximum Gasteiger partial charge on any atom is 0.234 e. The van der Waals surface area contributed by atoms with Gasteiger partial charge in [0.2, 0.25) is 11.7 Å². The van der Waals surface area contributed by atoms with Gasteiger partial charge in [-0.2, -0.15) is 0 Å². The molecule has 0 bridgehead atoms. The number of allylic oxidation sites excluding steroid dienone is 1. The molecular formula is C18H24N4O5S. The summed E-state index contributed by atoms with van der Waals surface area (Å²) in [7, 11) is 6.14. The van der Waals surface area contributed by atoms with E-state index in [2.05, 4.69) is 22.1 Å². The van der Waals surface area contributed by atoms with Gasteiger partial charge in [-0.15, -0.1) is 16.8 Å². The molecule has 28 heavy (non-hydrogen) atoms. The number of carbonyl (C=O) groups excluding carboxylic acids is 1. The molecule has 1 N–H and O–H groups in total. The van der Waals surface area contributed by atoms with Crippen LogP contribution in [0.2, 0.25) is 0 Å². The minimum Gasteiger partial charge on any atom is -0.493 e. The fraction of sp³-hybridized carbons (Fsp3) is 0.389. The van der Waals surface area contributed by atoms with Crippen molar-refractivity contribution >= 4 is 23.4 Å². The topological polar surface area (TPSA) is 96.7 Å². The molecule has 10 heteroatoms. The third-order valence-electron chi connectivity index (χ3n) is 3.66. The summed E-state index contributed by atoms with van der Waals surface area (Å²) >= 11 is 1.28. The Morgan fingerprint density at radius 3 is 2.39 bits per heavy atom. The van der Waals surface area contributed by atoms with Gasteiger partial charge in [-0.1, -0.05) is 17.8 Å². The van der Waals surface area contributed by atoms with Gasteiger partial charge >= 0.3 is 0 Å². The zero-order valence-electron chi connectivity index (χ0n) is 16.4. The lowest BCUT2D eigenvalue weighted by Crippen LogP contribution is -2.15. The minimum atomic E-state index is -0.208. The van der Waals surface area contributed by atoms with Gasteiger partial charge < -0.3 is 28.8 Å². The molecule has 0 saturated heterocycles. The number of thioether (sulfide) groups is 1. The Bertz CT molecular complexity index is 799. The summed E-state index contributed by atoms with van der Waals surface area (Å²) in [6.45, 7) is 4.60. The third-order valence-corrected chi connectivity index (χ3v) is 4.63. The van der Waals surface area contributed by atoms with Crippen LogP contribution in [0.4, 0.5) is 5.69 Å². The van der Waals surface area contributed by atoms with Crippen LogP contribution >= 0.6 is 11.8 Å². The Labute approximate surface area is 168 Å². The molecule has 9 nitrogen and oxygen atoms in total. The summed E-state index contributed by atoms with van der Waals surface area (Å²) in [5, 5.41) is 11.6. The molecule has 0 fully saturated rings. The highest BCUT2D eigenvalue weighted by Crippen LogP contribution is 2.39. The van der Waals surface area contributed by atoms with Gasteiger partial charge in [0.1, 0.15) is 6.61 Å². The first-order valence-corrected chi connectivity index (χ1v) is 9.31. The van der Waals surface area contributed by atoms with Crippen LogP contribution in [0.25, 0.3) is 0 Å². The second-order valence-corrected chi connectivity index (χ2v) is 6.42. The highest BCUT2D eigenvalue weighted by molar-refractivity contribution is 7.99. The molecule has 0 aliphatic rings. The molecular weight excluding hydrogens is 384 g/mol. The third kappa shape index (κ3) is 5.17. The van der Waals surface area contributed by atoms with Crippen LogP contribution in [-0.4, -0.2) is 54.9 Å². The van der Waals surface area contributed by atoms with Crippen LogP contribution in [0.1, 0.15) is 5.82 Å². The number of carbonyl (C=O) groups is 1. The lowest BCUT2D eigenvalue weighted by Gasteiger charge is -2.14. The van der Waals surface area contributed by atoms with Crippen LogP contribution in [0.3, 0.4) is 0 Å². The van der Waals surface area contributed by atoms with Crippen molar-refractivity contribution in [3.05, 3.63) is 30.6 Å². The van der Waals surface area contributed by atoms with E-state index in [0.717, 1.165) is 0 Å². The van der Waals surface area contributed by atoms with E-state index in [4.69, 9.17) is 18.9 Å². The Balaban J connectivity index is 2.08. The van der Waals surface area contributed by atoms with Crippen molar-refractivity contribution in [2.45, 2.75) is 18.3 Å². The average molecular weight is 408 g/mol. The number of methoxy groups -OCH3 is 4. The van der Waals surface area contributed by atoms with E-state index < -0.39 is 0 Å². The summed E-state index contributed by atoms with van der Waals surface area (Å²) in [6, 6.07) is 3.33. The standard InChI is InChI=1S/C18H24N4O5S/c1-6-7-22-15(10-24-2)20-21-18(22)28-11-16(23)19-12-8-13(25-3)17(27-5)14(9-12)26-4/h6,8-9H,1,7,10-11H2,2-5H3,(H,19,23). The molecule has 2 aromatic rings. The molecule has 0 spiro atoms. The normalized spacial score (nSPS) is 10.4. The fourth-order valence-electron chi connectivity index (χ4n) is 2.45. The molecule has 2 rings (SSSR count). The van der Waals surface area contributed by atoms with E-state index in [1.54, 1.807) is 25.3 Å². The SMILES string of the molecule is C=CCn1c(COC)nnc1SCC(=O)Nc1cc(OC)c(OC)c(OC)c1. The van der Waals surface area contributed by atoms with E-state index in [1.165, 1.54) is 33.1 Å². The smallest absolute Gasteiger partial charge is 0.234 e. The first kappa shape index (κ1) is 21.6. The first-order chi connectivity index (χ1) is 13.6. The van der Waals surface area contributed by atoms with E-state index in [0.29, 0.717) is 47.1 Å². The van der Waals surface area contributed by atoms with Crippen LogP contribution in [0, 0.1) is 0 Å². The van der Waals surface area contributed by atoms with Gasteiger partial charge in [0, 0.05) is 31.5 Å². The monoisotopic (exact) mass is 408 g/mol. The minimum absolute atomic E-state index is 0.152. The van der Waals surface area contributed by atoms with E-state index in [1.807, 2.05) is 4.57 Å². The largest absolute Gasteiger partial charge is 0.493 e. The Hall–Kier alpha value is -2.72. The van der Waals surface area contributed by atoms with Crippen LogP contribution in [0.5, 0.6) is 17.2 Å². The van der Waals surface area contributed by atoms with Crippen LogP contribution in [-0.2, 0) is 22.7 Å². The number of aromatic nitrogens is 3. The zero-order chi connectivity index (χ0) is 20.5. The molecule has 0 unspecified atom stereocenters. The van der Waals surface area contributed by atoms with Gasteiger partial charge in [0.25, 0.3) is 0 Å². The van der Waals surface area contributed by atoms with Crippen molar-refractivity contribution < 1.29 is 23.7 Å². The number of rotatable bonds is 11. The average Bonchev–Trinajstić information content (AvgIpc) is 3.07. The highest BCUT2D eigenvalue weighted by atomic mass is 32.2. The number of nitrogens with one attached hydrogen (secondary N) is 1. The molecule has 0 aliphatic heterocycles. The number of nitrogens with zero attached hydrogens (tertiary/aromatic N) is 3. The Kier molecular flexibility index (Phi) is 8.15. The predicted molar refractivity (Wildman–Crippen MR) is 106 cm³/mol. The van der Waals surface area contributed by atoms with Gasteiger partial charge in [-0.25, -0.2) is 0 Å². The van der Waals surface area contributed by atoms with E-state index in [9.17, 15) is 4.79 Å². The first-order valence-electron chi connectivity index (χ1n) is 8.32. The van der Waals surface area contributed by atoms with Gasteiger partial charge in [-0.3, -0.25) is 4.79 Å². The maximum atomic E-state index is 12.4. The molecule has 1 aromatic heterocycles. The van der Waals surface area contributed by atoms with Crippen LogP contribution < -0.4 is 19.5 Å². The highest BCUT2D eigenvalue weighted by Gasteiger charge is 2.16. The molecule has 0 saturated carbocycles. The summed E-state index contributed by atoms with van der Waals surface area (Å²) in [6.07, 6.45) is 1.74. The number of amides is 1. The van der Waals surface area contributed by atoms with Crippen molar-refractivity contribution in [1.29, 1.82) is 0 Å². The van der Waals surface area contributed by atoms with Crippen molar-refractivity contribution in [3.63, 3.8) is 0 Å². The molecule has 1 heterocycles. The zero-order valence-corrected chi connectivity index (χ0v) is 17.2. The lowest BCUT2D eigenvalue weighted by atomic mass is 10.2. The summed E-state index contributed by atoms with van der Waals surface area (Å²) in [5.41, 5.74) is 0.535. The fourth-order valence-corrected chi connectivity index (χ4v) is 3.22. The van der Waals surface area contributed by atoms with Crippen molar-refractivity contribution in [1.82, 2.24) is 14.8 Å². The van der Waals surface area contributed by atoms with E-state index >= 15 is 0 Å². The van der Waals surface area contributed by atoms with Crippen molar-refractivity contribution in [3.8, 4) is 17.2 Å². The molecule has 152 valence electrons. The van der Waals surface area contributed by atoms with Crippen molar-refractivity contribution in [2.75, 3.05) is 39.5 Å². The Morgan fingerprint density at radius 2 is 1.86 bits per heavy atom. The van der Waals surface area contributed by atoms with Gasteiger partial charge in [0.05, 0.1) is 27.1 Å². The maximum absolute atomic E-state index is 12.4. The molecule has 1 amide bonds. The van der Waals surface area contributed by atoms with Crippen LogP contribution in [0.15, 0.2) is 29.9 Å². The molecule has 0 radical (unpaired) electrons. The quantitative estimate of drug-likeness (QED) is 0.447. The molecule has 0 atom stereocenters. The number of hydrogen-bond donors (Lipinski definition) is 1. The number of hydrogen-bond acceptors (Lipinski definition) is 8. The van der Waals surface area contributed by atoms with Gasteiger partial charge in [0.15, 0.2) is 22.5 Å². The van der Waals surface area contributed by atoms with Crippen molar-refractivity contribution in [2.24, 2.45) is 0 Å². The van der Waals surface area contributed by atoms with Gasteiger partial charge in [-0.05, 0) is 0 Å². The Morgan fingerprint density at radius 1 is 1.18 bits per heavy atom. The molecule has 1 aromatic carbocycles. The second kappa shape index (κ2) is 10.6.